The molecular weight excluding hydrogens is 434 g/mol. The van der Waals surface area contributed by atoms with Crippen LogP contribution >= 0.6 is 23.4 Å². The Labute approximate surface area is 188 Å². The first kappa shape index (κ1) is 21.1. The van der Waals surface area contributed by atoms with Gasteiger partial charge in [0, 0.05) is 35.1 Å². The van der Waals surface area contributed by atoms with Crippen molar-refractivity contribution in [2.75, 3.05) is 12.4 Å². The molecule has 2 N–H and O–H groups in total. The van der Waals surface area contributed by atoms with E-state index in [0.717, 1.165) is 22.4 Å². The Balaban J connectivity index is 1.72. The number of carbonyl (C=O) groups is 1. The van der Waals surface area contributed by atoms with Gasteiger partial charge >= 0.3 is 0 Å². The molecule has 0 saturated carbocycles. The molecule has 4 rings (SSSR count). The number of nitrogens with one attached hydrogen (secondary N) is 2. The Morgan fingerprint density at radius 1 is 1.29 bits per heavy atom. The van der Waals surface area contributed by atoms with E-state index in [1.54, 1.807) is 19.5 Å². The zero-order valence-corrected chi connectivity index (χ0v) is 18.5. The molecule has 1 aromatic carbocycles. The Bertz CT molecular complexity index is 1230. The number of hydrogen-bond acceptors (Lipinski definition) is 7. The molecule has 0 aliphatic heterocycles. The predicted octanol–water partition coefficient (Wildman–Crippen LogP) is 5.15. The maximum absolute atomic E-state index is 11.8. The van der Waals surface area contributed by atoms with Crippen LogP contribution in [-0.2, 0) is 13.0 Å². The minimum Gasteiger partial charge on any atom is -0.495 e. The zero-order chi connectivity index (χ0) is 21.8. The summed E-state index contributed by atoms with van der Waals surface area (Å²) < 4.78 is 5.21. The van der Waals surface area contributed by atoms with Crippen molar-refractivity contribution in [3.8, 4) is 5.75 Å². The van der Waals surface area contributed by atoms with Gasteiger partial charge in [-0.2, -0.15) is 0 Å². The molecule has 0 aliphatic rings. The average molecular weight is 454 g/mol. The second-order valence-corrected chi connectivity index (χ2v) is 8.13. The highest BCUT2D eigenvalue weighted by Crippen LogP contribution is 2.32. The van der Waals surface area contributed by atoms with Gasteiger partial charge in [0.05, 0.1) is 17.5 Å². The number of anilines is 1. The van der Waals surface area contributed by atoms with E-state index >= 15 is 0 Å². The van der Waals surface area contributed by atoms with Crippen molar-refractivity contribution >= 4 is 46.5 Å². The summed E-state index contributed by atoms with van der Waals surface area (Å²) in [5.74, 6) is 1.20. The minimum absolute atomic E-state index is 0.470. The molecule has 0 saturated heterocycles. The summed E-state index contributed by atoms with van der Waals surface area (Å²) in [6.45, 7) is 2.46. The van der Waals surface area contributed by atoms with Crippen molar-refractivity contribution in [3.63, 3.8) is 0 Å². The van der Waals surface area contributed by atoms with Crippen molar-refractivity contribution in [1.82, 2.24) is 19.9 Å². The highest BCUT2D eigenvalue weighted by atomic mass is 35.5. The summed E-state index contributed by atoms with van der Waals surface area (Å²) in [5, 5.41) is 5.12. The normalized spacial score (nSPS) is 10.9. The number of carbonyl (C=O) groups excluding carboxylic acids is 1. The summed E-state index contributed by atoms with van der Waals surface area (Å²) in [4.78, 5) is 29.5. The highest BCUT2D eigenvalue weighted by Gasteiger charge is 2.18. The number of ether oxygens (including phenoxy) is 1. The van der Waals surface area contributed by atoms with Crippen molar-refractivity contribution in [3.05, 3.63) is 64.6 Å². The second kappa shape index (κ2) is 9.36. The van der Waals surface area contributed by atoms with E-state index in [1.807, 2.05) is 37.3 Å². The summed E-state index contributed by atoms with van der Waals surface area (Å²) >= 11 is 7.66. The second-order valence-electron chi connectivity index (χ2n) is 6.68. The van der Waals surface area contributed by atoms with Crippen LogP contribution in [0.5, 0.6) is 5.75 Å². The van der Waals surface area contributed by atoms with Gasteiger partial charge in [-0.25, -0.2) is 9.97 Å². The summed E-state index contributed by atoms with van der Waals surface area (Å²) in [5.41, 5.74) is 2.98. The fourth-order valence-electron chi connectivity index (χ4n) is 3.25. The Kier molecular flexibility index (Phi) is 6.39. The number of fused-ring (bicyclic) bond motifs is 1. The van der Waals surface area contributed by atoms with Gasteiger partial charge in [0.2, 0.25) is 0 Å². The third kappa shape index (κ3) is 4.50. The van der Waals surface area contributed by atoms with Crippen LogP contribution in [0.25, 0.3) is 11.0 Å². The predicted molar refractivity (Wildman–Crippen MR) is 122 cm³/mol. The van der Waals surface area contributed by atoms with E-state index in [-0.39, 0.29) is 0 Å². The Hall–Kier alpha value is -3.10. The van der Waals surface area contributed by atoms with E-state index in [9.17, 15) is 4.79 Å². The van der Waals surface area contributed by atoms with Crippen LogP contribution in [-0.4, -0.2) is 33.3 Å². The number of rotatable bonds is 8. The van der Waals surface area contributed by atoms with Gasteiger partial charge in [0.1, 0.15) is 17.2 Å². The highest BCUT2D eigenvalue weighted by molar-refractivity contribution is 7.99. The van der Waals surface area contributed by atoms with Crippen LogP contribution in [0.1, 0.15) is 28.5 Å². The van der Waals surface area contributed by atoms with Crippen LogP contribution < -0.4 is 10.1 Å². The zero-order valence-electron chi connectivity index (χ0n) is 17.0. The van der Waals surface area contributed by atoms with Gasteiger partial charge in [0.15, 0.2) is 11.4 Å². The summed E-state index contributed by atoms with van der Waals surface area (Å²) in [6, 6.07) is 9.40. The van der Waals surface area contributed by atoms with Crippen molar-refractivity contribution < 1.29 is 9.53 Å². The first-order chi connectivity index (χ1) is 15.1. The van der Waals surface area contributed by atoms with Crippen LogP contribution in [0.2, 0.25) is 5.02 Å². The number of hydrogen-bond donors (Lipinski definition) is 2. The Morgan fingerprint density at radius 2 is 2.16 bits per heavy atom. The number of methoxy groups -OCH3 is 1. The Morgan fingerprint density at radius 3 is 2.84 bits per heavy atom. The number of aromatic nitrogens is 4. The number of nitrogens with zero attached hydrogens (tertiary/aromatic N) is 3. The van der Waals surface area contributed by atoms with Crippen molar-refractivity contribution in [2.24, 2.45) is 0 Å². The fraction of sp³-hybridized carbons (Fsp3) is 0.182. The van der Waals surface area contributed by atoms with Gasteiger partial charge < -0.3 is 15.0 Å². The van der Waals surface area contributed by atoms with Crippen LogP contribution in [0.4, 0.5) is 5.82 Å². The third-order valence-electron chi connectivity index (χ3n) is 4.74. The molecule has 0 fully saturated rings. The summed E-state index contributed by atoms with van der Waals surface area (Å²) in [7, 11) is 1.58. The van der Waals surface area contributed by atoms with Gasteiger partial charge in [0.25, 0.3) is 0 Å². The molecule has 0 atom stereocenters. The lowest BCUT2D eigenvalue weighted by Crippen LogP contribution is -2.04. The van der Waals surface area contributed by atoms with Gasteiger partial charge in [-0.1, -0.05) is 24.6 Å². The topological polar surface area (TPSA) is 92.8 Å². The maximum atomic E-state index is 11.8. The number of aromatic amines is 1. The number of benzene rings is 1. The largest absolute Gasteiger partial charge is 0.495 e. The average Bonchev–Trinajstić information content (AvgIpc) is 3.16. The number of halogens is 1. The number of pyridine rings is 1. The molecule has 7 nitrogen and oxygen atoms in total. The van der Waals surface area contributed by atoms with E-state index in [4.69, 9.17) is 21.3 Å². The lowest BCUT2D eigenvalue weighted by molar-refractivity contribution is 0.112. The lowest BCUT2D eigenvalue weighted by Gasteiger charge is -2.11. The molecule has 3 heterocycles. The standard InChI is InChI=1S/C22H20ClN5O2S/c1-3-17-15(12-29)19-20(25-10-13-6-7-18(30-2)16(23)9-13)27-22(28-21(19)26-17)31-14-5-4-8-24-11-14/h4-9,11-12H,3,10H2,1-2H3,(H2,25,26,27,28). The van der Waals surface area contributed by atoms with E-state index < -0.39 is 0 Å². The molecular formula is C22H20ClN5O2S. The third-order valence-corrected chi connectivity index (χ3v) is 5.88. The van der Waals surface area contributed by atoms with Crippen LogP contribution in [0, 0.1) is 0 Å². The molecule has 158 valence electrons. The van der Waals surface area contributed by atoms with Gasteiger partial charge in [-0.05, 0) is 48.0 Å². The van der Waals surface area contributed by atoms with Crippen LogP contribution in [0.3, 0.4) is 0 Å². The molecule has 0 unspecified atom stereocenters. The van der Waals surface area contributed by atoms with Crippen LogP contribution in [0.15, 0.2) is 52.8 Å². The van der Waals surface area contributed by atoms with Gasteiger partial charge in [-0.15, -0.1) is 0 Å². The molecule has 0 spiro atoms. The molecule has 0 aliphatic carbocycles. The number of H-pyrrole nitrogens is 1. The summed E-state index contributed by atoms with van der Waals surface area (Å²) in [6.07, 6.45) is 5.01. The van der Waals surface area contributed by atoms with Crippen molar-refractivity contribution in [2.45, 2.75) is 29.9 Å². The molecule has 3 aromatic heterocycles. The molecule has 0 radical (unpaired) electrons. The SMILES string of the molecule is CCc1[nH]c2nc(Sc3cccnc3)nc(NCc3ccc(OC)c(Cl)c3)c2c1C=O. The molecule has 4 aromatic rings. The first-order valence-corrected chi connectivity index (χ1v) is 10.8. The fourth-order valence-corrected chi connectivity index (χ4v) is 4.27. The quantitative estimate of drug-likeness (QED) is 0.281. The van der Waals surface area contributed by atoms with E-state index in [1.165, 1.54) is 11.8 Å². The van der Waals surface area contributed by atoms with Gasteiger partial charge in [-0.3, -0.25) is 9.78 Å². The van der Waals surface area contributed by atoms with E-state index in [0.29, 0.717) is 51.3 Å². The smallest absolute Gasteiger partial charge is 0.196 e. The lowest BCUT2D eigenvalue weighted by atomic mass is 10.1. The van der Waals surface area contributed by atoms with Crippen molar-refractivity contribution in [1.29, 1.82) is 0 Å². The number of aryl methyl sites for hydroxylation is 1. The minimum atomic E-state index is 0.470. The number of aldehydes is 1. The monoisotopic (exact) mass is 453 g/mol. The maximum Gasteiger partial charge on any atom is 0.196 e. The molecule has 31 heavy (non-hydrogen) atoms. The molecule has 9 heteroatoms. The van der Waals surface area contributed by atoms with E-state index in [2.05, 4.69) is 20.3 Å². The molecule has 0 bridgehead atoms. The first-order valence-electron chi connectivity index (χ1n) is 9.64. The molecule has 0 amide bonds.